The SMILES string of the molecule is O=C(O)CCCC[C@H]1[C@H]2NC(=O)N[C@H]2C[S@]1=O. The van der Waals surface area contributed by atoms with E-state index >= 15 is 0 Å². The molecule has 0 bridgehead atoms. The summed E-state index contributed by atoms with van der Waals surface area (Å²) in [6.07, 6.45) is 2.20. The number of carbonyl (C=O) groups excluding carboxylic acids is 1. The summed E-state index contributed by atoms with van der Waals surface area (Å²) in [5, 5.41) is 14.0. The zero-order chi connectivity index (χ0) is 12.4. The fourth-order valence-corrected chi connectivity index (χ4v) is 4.35. The number of carbonyl (C=O) groups is 2. The van der Waals surface area contributed by atoms with E-state index in [1.54, 1.807) is 0 Å². The van der Waals surface area contributed by atoms with Crippen LogP contribution in [-0.4, -0.2) is 44.4 Å². The van der Waals surface area contributed by atoms with Crippen LogP contribution in [0.4, 0.5) is 4.79 Å². The van der Waals surface area contributed by atoms with Crippen LogP contribution in [0, 0.1) is 0 Å². The minimum Gasteiger partial charge on any atom is -0.481 e. The zero-order valence-electron chi connectivity index (χ0n) is 9.35. The highest BCUT2D eigenvalue weighted by molar-refractivity contribution is 7.86. The van der Waals surface area contributed by atoms with Gasteiger partial charge in [-0.3, -0.25) is 9.00 Å². The van der Waals surface area contributed by atoms with Gasteiger partial charge in [0.15, 0.2) is 0 Å². The maximum Gasteiger partial charge on any atom is 0.315 e. The van der Waals surface area contributed by atoms with Crippen LogP contribution >= 0.6 is 0 Å². The number of unbranched alkanes of at least 4 members (excludes halogenated alkanes) is 1. The van der Waals surface area contributed by atoms with Crippen molar-refractivity contribution < 1.29 is 18.9 Å². The number of amides is 2. The zero-order valence-corrected chi connectivity index (χ0v) is 10.2. The molecule has 2 saturated heterocycles. The first-order valence-electron chi connectivity index (χ1n) is 5.74. The van der Waals surface area contributed by atoms with Crippen molar-refractivity contribution in [1.82, 2.24) is 10.6 Å². The van der Waals surface area contributed by atoms with Gasteiger partial charge in [-0.2, -0.15) is 0 Å². The molecule has 6 nitrogen and oxygen atoms in total. The Morgan fingerprint density at radius 2 is 2.18 bits per heavy atom. The van der Waals surface area contributed by atoms with Gasteiger partial charge in [-0.1, -0.05) is 6.42 Å². The summed E-state index contributed by atoms with van der Waals surface area (Å²) in [6.45, 7) is 0. The maximum absolute atomic E-state index is 11.8. The average Bonchev–Trinajstić information content (AvgIpc) is 2.69. The van der Waals surface area contributed by atoms with Gasteiger partial charge in [-0.15, -0.1) is 0 Å². The van der Waals surface area contributed by atoms with Gasteiger partial charge >= 0.3 is 12.0 Å². The summed E-state index contributed by atoms with van der Waals surface area (Å²) in [5.74, 6) is -0.293. The summed E-state index contributed by atoms with van der Waals surface area (Å²) < 4.78 is 11.8. The van der Waals surface area contributed by atoms with Gasteiger partial charge in [-0.25, -0.2) is 4.79 Å². The minimum absolute atomic E-state index is 0.0205. The van der Waals surface area contributed by atoms with Crippen LogP contribution in [0.5, 0.6) is 0 Å². The topological polar surface area (TPSA) is 95.5 Å². The number of hydrogen-bond donors (Lipinski definition) is 3. The summed E-state index contributed by atoms with van der Waals surface area (Å²) in [5.41, 5.74) is 0. The quantitative estimate of drug-likeness (QED) is 0.471. The number of urea groups is 1. The molecule has 0 aliphatic carbocycles. The van der Waals surface area contributed by atoms with Gasteiger partial charge < -0.3 is 15.7 Å². The number of aliphatic carboxylic acids is 1. The molecule has 0 radical (unpaired) electrons. The third-order valence-corrected chi connectivity index (χ3v) is 5.15. The summed E-state index contributed by atoms with van der Waals surface area (Å²) in [7, 11) is -0.923. The molecular weight excluding hydrogens is 244 g/mol. The molecule has 96 valence electrons. The van der Waals surface area contributed by atoms with Gasteiger partial charge in [0.2, 0.25) is 0 Å². The van der Waals surface area contributed by atoms with E-state index in [0.29, 0.717) is 18.6 Å². The van der Waals surface area contributed by atoms with E-state index in [2.05, 4.69) is 10.6 Å². The number of hydrogen-bond acceptors (Lipinski definition) is 3. The molecule has 0 aromatic rings. The second-order valence-corrected chi connectivity index (χ2v) is 6.18. The first-order valence-corrected chi connectivity index (χ1v) is 7.12. The van der Waals surface area contributed by atoms with Crippen LogP contribution < -0.4 is 10.6 Å². The number of nitrogens with one attached hydrogen (secondary N) is 2. The second kappa shape index (κ2) is 5.03. The highest BCUT2D eigenvalue weighted by Gasteiger charge is 2.46. The molecule has 2 aliphatic rings. The lowest BCUT2D eigenvalue weighted by atomic mass is 10.0. The maximum atomic E-state index is 11.8. The molecule has 0 unspecified atom stereocenters. The van der Waals surface area contributed by atoms with Gasteiger partial charge in [0.05, 0.1) is 17.3 Å². The van der Waals surface area contributed by atoms with E-state index < -0.39 is 16.8 Å². The van der Waals surface area contributed by atoms with Gasteiger partial charge in [0.25, 0.3) is 0 Å². The Hall–Kier alpha value is -1.11. The molecular formula is C10H16N2O4S. The predicted octanol–water partition coefficient (Wildman–Crippen LogP) is -0.188. The van der Waals surface area contributed by atoms with E-state index in [1.807, 2.05) is 0 Å². The van der Waals surface area contributed by atoms with Crippen molar-refractivity contribution in [2.75, 3.05) is 5.75 Å². The van der Waals surface area contributed by atoms with Gasteiger partial charge in [0, 0.05) is 23.0 Å². The standard InChI is InChI=1S/C10H16N2O4S/c13-8(14)4-2-1-3-7-9-6(5-17(7)16)11-10(15)12-9/h6-7,9H,1-5H2,(H,13,14)(H2,11,12,15)/t6-,7-,9-,17+/m0/s1. The number of carboxylic acids is 1. The number of carboxylic acid groups (broad SMARTS) is 1. The molecule has 0 aromatic heterocycles. The van der Waals surface area contributed by atoms with Crippen molar-refractivity contribution >= 4 is 22.8 Å². The Labute approximate surface area is 102 Å². The normalized spacial score (nSPS) is 35.2. The Kier molecular flexibility index (Phi) is 3.66. The molecule has 2 heterocycles. The van der Waals surface area contributed by atoms with Crippen molar-refractivity contribution in [3.63, 3.8) is 0 Å². The molecule has 2 fully saturated rings. The molecule has 2 rings (SSSR count). The van der Waals surface area contributed by atoms with Crippen molar-refractivity contribution in [2.24, 2.45) is 0 Å². The van der Waals surface area contributed by atoms with E-state index in [-0.39, 0.29) is 29.8 Å². The molecule has 4 atom stereocenters. The van der Waals surface area contributed by atoms with Crippen LogP contribution in [-0.2, 0) is 15.6 Å². The van der Waals surface area contributed by atoms with Crippen molar-refractivity contribution in [3.05, 3.63) is 0 Å². The molecule has 3 N–H and O–H groups in total. The average molecular weight is 260 g/mol. The summed E-state index contributed by atoms with van der Waals surface area (Å²) in [6, 6.07) is -0.256. The Morgan fingerprint density at radius 3 is 2.88 bits per heavy atom. The molecule has 2 amide bonds. The monoisotopic (exact) mass is 260 g/mol. The Bertz CT molecular complexity index is 360. The van der Waals surface area contributed by atoms with E-state index in [0.717, 1.165) is 6.42 Å². The van der Waals surface area contributed by atoms with Gasteiger partial charge in [0.1, 0.15) is 0 Å². The van der Waals surface area contributed by atoms with Crippen LogP contribution in [0.3, 0.4) is 0 Å². The van der Waals surface area contributed by atoms with Crippen LogP contribution in [0.1, 0.15) is 25.7 Å². The highest BCUT2D eigenvalue weighted by Crippen LogP contribution is 2.25. The lowest BCUT2D eigenvalue weighted by Gasteiger charge is -2.15. The molecule has 2 aliphatic heterocycles. The van der Waals surface area contributed by atoms with E-state index in [9.17, 15) is 13.8 Å². The molecule has 0 aromatic carbocycles. The molecule has 0 spiro atoms. The first kappa shape index (κ1) is 12.3. The third kappa shape index (κ3) is 2.77. The summed E-state index contributed by atoms with van der Waals surface area (Å²) in [4.78, 5) is 21.5. The summed E-state index contributed by atoms with van der Waals surface area (Å²) >= 11 is 0. The third-order valence-electron chi connectivity index (χ3n) is 3.26. The van der Waals surface area contributed by atoms with Crippen LogP contribution in [0.2, 0.25) is 0 Å². The molecule has 7 heteroatoms. The van der Waals surface area contributed by atoms with Crippen LogP contribution in [0.15, 0.2) is 0 Å². The molecule has 0 saturated carbocycles. The van der Waals surface area contributed by atoms with Crippen molar-refractivity contribution in [1.29, 1.82) is 0 Å². The fourth-order valence-electron chi connectivity index (χ4n) is 2.45. The van der Waals surface area contributed by atoms with Crippen molar-refractivity contribution in [2.45, 2.75) is 43.0 Å². The number of rotatable bonds is 5. The Morgan fingerprint density at radius 1 is 1.41 bits per heavy atom. The lowest BCUT2D eigenvalue weighted by molar-refractivity contribution is -0.137. The molecule has 17 heavy (non-hydrogen) atoms. The van der Waals surface area contributed by atoms with Crippen molar-refractivity contribution in [3.8, 4) is 0 Å². The Balaban J connectivity index is 1.81. The predicted molar refractivity (Wildman–Crippen MR) is 62.1 cm³/mol. The fraction of sp³-hybridized carbons (Fsp3) is 0.800. The lowest BCUT2D eigenvalue weighted by Crippen LogP contribution is -2.38. The van der Waals surface area contributed by atoms with E-state index in [4.69, 9.17) is 5.11 Å². The largest absolute Gasteiger partial charge is 0.481 e. The number of fused-ring (bicyclic) bond motifs is 1. The second-order valence-electron chi connectivity index (χ2n) is 4.48. The first-order chi connectivity index (χ1) is 8.08. The van der Waals surface area contributed by atoms with Gasteiger partial charge in [-0.05, 0) is 12.8 Å². The van der Waals surface area contributed by atoms with Crippen LogP contribution in [0.25, 0.3) is 0 Å². The van der Waals surface area contributed by atoms with E-state index in [1.165, 1.54) is 0 Å². The smallest absolute Gasteiger partial charge is 0.315 e. The minimum atomic E-state index is -0.923. The highest BCUT2D eigenvalue weighted by atomic mass is 32.2.